The molecule has 1 saturated heterocycles. The van der Waals surface area contributed by atoms with E-state index in [1.807, 2.05) is 11.8 Å². The van der Waals surface area contributed by atoms with Crippen molar-refractivity contribution in [2.45, 2.75) is 32.2 Å². The lowest BCUT2D eigenvalue weighted by Gasteiger charge is -2.32. The topological polar surface area (TPSA) is 79.9 Å². The zero-order valence-electron chi connectivity index (χ0n) is 13.1. The van der Waals surface area contributed by atoms with Crippen LogP contribution in [0.4, 0.5) is 10.5 Å². The van der Waals surface area contributed by atoms with E-state index in [1.54, 1.807) is 18.2 Å². The summed E-state index contributed by atoms with van der Waals surface area (Å²) in [6, 6.07) is 5.13. The van der Waals surface area contributed by atoms with E-state index in [0.29, 0.717) is 36.7 Å². The highest BCUT2D eigenvalue weighted by Crippen LogP contribution is 2.34. The molecule has 3 amide bonds. The Morgan fingerprint density at radius 1 is 1.22 bits per heavy atom. The first-order valence-corrected chi connectivity index (χ1v) is 7.90. The van der Waals surface area contributed by atoms with Crippen LogP contribution in [-0.2, 0) is 4.79 Å². The van der Waals surface area contributed by atoms with Gasteiger partial charge in [-0.1, -0.05) is 6.92 Å². The van der Waals surface area contributed by atoms with Crippen LogP contribution in [0, 0.1) is 0 Å². The lowest BCUT2D eigenvalue weighted by molar-refractivity contribution is -0.131. The number of ether oxygens (including phenoxy) is 2. The molecule has 7 heteroatoms. The second-order valence-corrected chi connectivity index (χ2v) is 5.68. The second-order valence-electron chi connectivity index (χ2n) is 5.68. The lowest BCUT2D eigenvalue weighted by Crippen LogP contribution is -2.47. The molecule has 0 saturated carbocycles. The summed E-state index contributed by atoms with van der Waals surface area (Å²) in [5.74, 6) is 1.49. The molecule has 2 aliphatic rings. The van der Waals surface area contributed by atoms with Crippen LogP contribution in [0.25, 0.3) is 0 Å². The molecule has 1 aromatic rings. The van der Waals surface area contributed by atoms with Crippen molar-refractivity contribution in [2.75, 3.05) is 25.2 Å². The number of anilines is 1. The molecule has 0 aliphatic carbocycles. The molecule has 0 bridgehead atoms. The van der Waals surface area contributed by atoms with Gasteiger partial charge in [0.15, 0.2) is 11.5 Å². The highest BCUT2D eigenvalue weighted by molar-refractivity contribution is 5.90. The summed E-state index contributed by atoms with van der Waals surface area (Å²) in [6.07, 6.45) is 2.09. The molecule has 0 radical (unpaired) electrons. The Hall–Kier alpha value is -2.44. The van der Waals surface area contributed by atoms with Crippen LogP contribution in [0.2, 0.25) is 0 Å². The van der Waals surface area contributed by atoms with Gasteiger partial charge in [-0.15, -0.1) is 0 Å². The maximum Gasteiger partial charge on any atom is 0.319 e. The fraction of sp³-hybridized carbons (Fsp3) is 0.500. The molecule has 0 spiro atoms. The zero-order chi connectivity index (χ0) is 16.2. The van der Waals surface area contributed by atoms with Gasteiger partial charge >= 0.3 is 6.03 Å². The van der Waals surface area contributed by atoms with Crippen molar-refractivity contribution in [1.29, 1.82) is 0 Å². The minimum absolute atomic E-state index is 0.0879. The Kier molecular flexibility index (Phi) is 4.55. The van der Waals surface area contributed by atoms with E-state index < -0.39 is 0 Å². The van der Waals surface area contributed by atoms with E-state index in [9.17, 15) is 9.59 Å². The van der Waals surface area contributed by atoms with E-state index in [4.69, 9.17) is 9.47 Å². The van der Waals surface area contributed by atoms with Crippen LogP contribution in [0.5, 0.6) is 11.5 Å². The fourth-order valence-electron chi connectivity index (χ4n) is 2.82. The number of amides is 3. The number of nitrogens with one attached hydrogen (secondary N) is 2. The van der Waals surface area contributed by atoms with Crippen LogP contribution in [0.1, 0.15) is 26.2 Å². The highest BCUT2D eigenvalue weighted by Gasteiger charge is 2.23. The second kappa shape index (κ2) is 6.76. The maximum absolute atomic E-state index is 12.1. The summed E-state index contributed by atoms with van der Waals surface area (Å²) >= 11 is 0. The molecule has 0 unspecified atom stereocenters. The smallest absolute Gasteiger partial charge is 0.319 e. The minimum atomic E-state index is -0.246. The Labute approximate surface area is 134 Å². The molecule has 2 heterocycles. The molecule has 1 fully saturated rings. The summed E-state index contributed by atoms with van der Waals surface area (Å²) in [4.78, 5) is 25.6. The van der Waals surface area contributed by atoms with Gasteiger partial charge in [-0.25, -0.2) is 4.79 Å². The number of piperidine rings is 1. The van der Waals surface area contributed by atoms with Gasteiger partial charge in [0.1, 0.15) is 0 Å². The van der Waals surface area contributed by atoms with Crippen molar-refractivity contribution < 1.29 is 19.1 Å². The molecule has 23 heavy (non-hydrogen) atoms. The monoisotopic (exact) mass is 319 g/mol. The number of nitrogens with zero attached hydrogens (tertiary/aromatic N) is 1. The van der Waals surface area contributed by atoms with Gasteiger partial charge in [0.2, 0.25) is 12.7 Å². The van der Waals surface area contributed by atoms with Crippen molar-refractivity contribution >= 4 is 17.6 Å². The molecule has 1 aromatic carbocycles. The summed E-state index contributed by atoms with van der Waals surface area (Å²) in [7, 11) is 0. The lowest BCUT2D eigenvalue weighted by atomic mass is 10.0. The van der Waals surface area contributed by atoms with Gasteiger partial charge < -0.3 is 25.0 Å². The predicted molar refractivity (Wildman–Crippen MR) is 84.6 cm³/mol. The average Bonchev–Trinajstić information content (AvgIpc) is 3.02. The van der Waals surface area contributed by atoms with Gasteiger partial charge in [0.25, 0.3) is 0 Å². The minimum Gasteiger partial charge on any atom is -0.454 e. The fourth-order valence-corrected chi connectivity index (χ4v) is 2.82. The maximum atomic E-state index is 12.1. The van der Waals surface area contributed by atoms with Crippen molar-refractivity contribution in [2.24, 2.45) is 0 Å². The molecule has 0 atom stereocenters. The Morgan fingerprint density at radius 2 is 1.96 bits per heavy atom. The van der Waals surface area contributed by atoms with Gasteiger partial charge in [0, 0.05) is 37.3 Å². The zero-order valence-corrected chi connectivity index (χ0v) is 13.1. The molecule has 2 aliphatic heterocycles. The van der Waals surface area contributed by atoms with E-state index in [-0.39, 0.29) is 24.8 Å². The van der Waals surface area contributed by atoms with E-state index in [0.717, 1.165) is 12.8 Å². The third-order valence-corrected chi connectivity index (χ3v) is 4.12. The van der Waals surface area contributed by atoms with Crippen LogP contribution in [0.15, 0.2) is 18.2 Å². The van der Waals surface area contributed by atoms with Crippen LogP contribution >= 0.6 is 0 Å². The van der Waals surface area contributed by atoms with Crippen molar-refractivity contribution in [3.05, 3.63) is 18.2 Å². The molecule has 7 nitrogen and oxygen atoms in total. The third-order valence-electron chi connectivity index (χ3n) is 4.12. The standard InChI is InChI=1S/C16H21N3O4/c1-2-15(20)19-7-5-11(6-8-19)17-16(21)18-12-3-4-13-14(9-12)23-10-22-13/h3-4,9,11H,2,5-8,10H2,1H3,(H2,17,18,21). The summed E-state index contributed by atoms with van der Waals surface area (Å²) in [5.41, 5.74) is 0.658. The van der Waals surface area contributed by atoms with Crippen LogP contribution in [0.3, 0.4) is 0 Å². The van der Waals surface area contributed by atoms with E-state index in [2.05, 4.69) is 10.6 Å². The van der Waals surface area contributed by atoms with Crippen molar-refractivity contribution in [3.63, 3.8) is 0 Å². The number of benzene rings is 1. The molecular formula is C16H21N3O4. The predicted octanol–water partition coefficient (Wildman–Crippen LogP) is 1.94. The van der Waals surface area contributed by atoms with E-state index in [1.165, 1.54) is 0 Å². The van der Waals surface area contributed by atoms with Gasteiger partial charge in [0.05, 0.1) is 0 Å². The number of hydrogen-bond donors (Lipinski definition) is 2. The number of carbonyl (C=O) groups is 2. The van der Waals surface area contributed by atoms with Crippen molar-refractivity contribution in [1.82, 2.24) is 10.2 Å². The summed E-state index contributed by atoms with van der Waals surface area (Å²) in [5, 5.41) is 5.75. The molecular weight excluding hydrogens is 298 g/mol. The number of hydrogen-bond acceptors (Lipinski definition) is 4. The number of carbonyl (C=O) groups excluding carboxylic acids is 2. The quantitative estimate of drug-likeness (QED) is 0.892. The van der Waals surface area contributed by atoms with E-state index >= 15 is 0 Å². The molecule has 124 valence electrons. The summed E-state index contributed by atoms with van der Waals surface area (Å²) in [6.45, 7) is 3.47. The van der Waals surface area contributed by atoms with Crippen LogP contribution < -0.4 is 20.1 Å². The number of fused-ring (bicyclic) bond motifs is 1. The summed E-state index contributed by atoms with van der Waals surface area (Å²) < 4.78 is 10.5. The Balaban J connectivity index is 1.48. The Morgan fingerprint density at radius 3 is 2.70 bits per heavy atom. The first-order valence-electron chi connectivity index (χ1n) is 7.90. The third kappa shape index (κ3) is 3.67. The average molecular weight is 319 g/mol. The number of rotatable bonds is 3. The molecule has 2 N–H and O–H groups in total. The van der Waals surface area contributed by atoms with Gasteiger partial charge in [-0.3, -0.25) is 4.79 Å². The van der Waals surface area contributed by atoms with Gasteiger partial charge in [-0.05, 0) is 25.0 Å². The first-order chi connectivity index (χ1) is 11.2. The first kappa shape index (κ1) is 15.5. The normalized spacial score (nSPS) is 17.0. The SMILES string of the molecule is CCC(=O)N1CCC(NC(=O)Nc2ccc3c(c2)OCO3)CC1. The molecule has 3 rings (SSSR count). The number of likely N-dealkylation sites (tertiary alicyclic amines) is 1. The van der Waals surface area contributed by atoms with Crippen molar-refractivity contribution in [3.8, 4) is 11.5 Å². The van der Waals surface area contributed by atoms with Gasteiger partial charge in [-0.2, -0.15) is 0 Å². The Bertz CT molecular complexity index is 597. The molecule has 0 aromatic heterocycles. The van der Waals surface area contributed by atoms with Crippen LogP contribution in [-0.4, -0.2) is 42.8 Å². The number of urea groups is 1. The largest absolute Gasteiger partial charge is 0.454 e. The highest BCUT2D eigenvalue weighted by atomic mass is 16.7.